The number of ether oxygens (including phenoxy) is 1. The molecular formula is C11H16BrClN2O. The van der Waals surface area contributed by atoms with Gasteiger partial charge in [0.25, 0.3) is 0 Å². The Balaban J connectivity index is 0.00000128. The fourth-order valence-corrected chi connectivity index (χ4v) is 2.19. The highest BCUT2D eigenvalue weighted by Crippen LogP contribution is 2.28. The Morgan fingerprint density at radius 1 is 1.38 bits per heavy atom. The van der Waals surface area contributed by atoms with Crippen LogP contribution in [0.4, 0.5) is 0 Å². The van der Waals surface area contributed by atoms with Crippen molar-refractivity contribution in [1.82, 2.24) is 10.6 Å². The Morgan fingerprint density at radius 3 is 2.81 bits per heavy atom. The van der Waals surface area contributed by atoms with Gasteiger partial charge in [0.05, 0.1) is 7.11 Å². The maximum absolute atomic E-state index is 5.38. The lowest BCUT2D eigenvalue weighted by Crippen LogP contribution is -2.42. The zero-order valence-corrected chi connectivity index (χ0v) is 11.5. The Morgan fingerprint density at radius 2 is 2.19 bits per heavy atom. The average molecular weight is 308 g/mol. The number of halogens is 2. The predicted octanol–water partition coefficient (Wildman–Crippen LogP) is 2.11. The van der Waals surface area contributed by atoms with Crippen LogP contribution in [0.3, 0.4) is 0 Å². The molecule has 0 aromatic heterocycles. The number of nitrogens with one attached hydrogen (secondary N) is 2. The summed E-state index contributed by atoms with van der Waals surface area (Å²) in [6.07, 6.45) is 0. The summed E-state index contributed by atoms with van der Waals surface area (Å²) in [4.78, 5) is 0. The lowest BCUT2D eigenvalue weighted by atomic mass is 10.0. The van der Waals surface area contributed by atoms with Gasteiger partial charge in [0, 0.05) is 35.7 Å². The monoisotopic (exact) mass is 306 g/mol. The molecule has 0 spiro atoms. The largest absolute Gasteiger partial charge is 0.496 e. The number of rotatable bonds is 2. The smallest absolute Gasteiger partial charge is 0.124 e. The van der Waals surface area contributed by atoms with E-state index in [9.17, 15) is 0 Å². The Kier molecular flexibility index (Phi) is 5.55. The van der Waals surface area contributed by atoms with Crippen molar-refractivity contribution in [3.63, 3.8) is 0 Å². The number of piperazine rings is 1. The standard InChI is InChI=1S/C11H15BrN2O.ClH/c1-15-11-6-8(12)2-3-9(11)10-7-13-4-5-14-10;/h2-3,6,10,13-14H,4-5,7H2,1H3;1H/t10-;/m0./s1. The molecule has 1 heterocycles. The van der Waals surface area contributed by atoms with E-state index in [4.69, 9.17) is 4.74 Å². The molecule has 1 saturated heterocycles. The summed E-state index contributed by atoms with van der Waals surface area (Å²) in [5.41, 5.74) is 1.22. The number of methoxy groups -OCH3 is 1. The highest BCUT2D eigenvalue weighted by atomic mass is 79.9. The van der Waals surface area contributed by atoms with Crippen molar-refractivity contribution in [2.75, 3.05) is 26.7 Å². The van der Waals surface area contributed by atoms with Crippen molar-refractivity contribution in [2.24, 2.45) is 0 Å². The summed E-state index contributed by atoms with van der Waals surface area (Å²) in [6, 6.07) is 6.51. The topological polar surface area (TPSA) is 33.3 Å². The lowest BCUT2D eigenvalue weighted by Gasteiger charge is -2.26. The Hall–Kier alpha value is -0.290. The van der Waals surface area contributed by atoms with Crippen LogP contribution < -0.4 is 15.4 Å². The van der Waals surface area contributed by atoms with Crippen molar-refractivity contribution in [2.45, 2.75) is 6.04 Å². The molecule has 3 nitrogen and oxygen atoms in total. The molecule has 5 heteroatoms. The molecule has 0 aliphatic carbocycles. The van der Waals surface area contributed by atoms with Gasteiger partial charge in [-0.25, -0.2) is 0 Å². The second kappa shape index (κ2) is 6.45. The molecule has 1 atom stereocenters. The molecule has 16 heavy (non-hydrogen) atoms. The minimum absolute atomic E-state index is 0. The number of benzene rings is 1. The van der Waals surface area contributed by atoms with Crippen molar-refractivity contribution in [3.8, 4) is 5.75 Å². The molecule has 2 N–H and O–H groups in total. The summed E-state index contributed by atoms with van der Waals surface area (Å²) in [5, 5.41) is 6.84. The Bertz CT molecular complexity index is 343. The molecule has 0 radical (unpaired) electrons. The summed E-state index contributed by atoms with van der Waals surface area (Å²) in [5.74, 6) is 0.936. The van der Waals surface area contributed by atoms with Gasteiger partial charge < -0.3 is 15.4 Å². The normalized spacial score (nSPS) is 20.0. The van der Waals surface area contributed by atoms with Crippen molar-refractivity contribution < 1.29 is 4.74 Å². The molecule has 0 unspecified atom stereocenters. The average Bonchev–Trinajstić information content (AvgIpc) is 2.30. The second-order valence-corrected chi connectivity index (χ2v) is 4.51. The molecule has 1 aliphatic rings. The van der Waals surface area contributed by atoms with Crippen LogP contribution in [0.5, 0.6) is 5.75 Å². The van der Waals surface area contributed by atoms with Crippen LogP contribution in [0.1, 0.15) is 11.6 Å². The Labute approximate surface area is 110 Å². The van der Waals surface area contributed by atoms with Gasteiger partial charge in [-0.3, -0.25) is 0 Å². The van der Waals surface area contributed by atoms with E-state index in [2.05, 4.69) is 32.6 Å². The molecule has 1 aliphatic heterocycles. The number of hydrogen-bond acceptors (Lipinski definition) is 3. The minimum atomic E-state index is 0. The van der Waals surface area contributed by atoms with E-state index < -0.39 is 0 Å². The van der Waals surface area contributed by atoms with Gasteiger partial charge in [0.2, 0.25) is 0 Å². The van der Waals surface area contributed by atoms with E-state index >= 15 is 0 Å². The molecule has 0 bridgehead atoms. The van der Waals surface area contributed by atoms with E-state index in [0.717, 1.165) is 29.9 Å². The van der Waals surface area contributed by atoms with Gasteiger partial charge in [-0.2, -0.15) is 0 Å². The van der Waals surface area contributed by atoms with E-state index in [1.54, 1.807) is 7.11 Å². The maximum atomic E-state index is 5.38. The summed E-state index contributed by atoms with van der Waals surface area (Å²) in [7, 11) is 1.71. The number of hydrogen-bond donors (Lipinski definition) is 2. The van der Waals surface area contributed by atoms with Crippen LogP contribution in [-0.2, 0) is 0 Å². The molecule has 0 saturated carbocycles. The van der Waals surface area contributed by atoms with Crippen molar-refractivity contribution in [3.05, 3.63) is 28.2 Å². The van der Waals surface area contributed by atoms with Gasteiger partial charge in [0.15, 0.2) is 0 Å². The summed E-state index contributed by atoms with van der Waals surface area (Å²) >= 11 is 3.45. The molecule has 90 valence electrons. The zero-order chi connectivity index (χ0) is 10.7. The SMILES string of the molecule is COc1cc(Br)ccc1[C@@H]1CNCCN1.Cl. The summed E-state index contributed by atoms with van der Waals surface area (Å²) in [6.45, 7) is 3.00. The van der Waals surface area contributed by atoms with E-state index in [0.29, 0.717) is 6.04 Å². The van der Waals surface area contributed by atoms with Gasteiger partial charge >= 0.3 is 0 Å². The fourth-order valence-electron chi connectivity index (χ4n) is 1.85. The van der Waals surface area contributed by atoms with Crippen molar-refractivity contribution in [1.29, 1.82) is 0 Å². The predicted molar refractivity (Wildman–Crippen MR) is 71.6 cm³/mol. The van der Waals surface area contributed by atoms with Gasteiger partial charge in [0.1, 0.15) is 5.75 Å². The first-order valence-electron chi connectivity index (χ1n) is 5.09. The molecule has 1 fully saturated rings. The zero-order valence-electron chi connectivity index (χ0n) is 9.13. The molecule has 1 aromatic rings. The second-order valence-electron chi connectivity index (χ2n) is 3.60. The van der Waals surface area contributed by atoms with Crippen molar-refractivity contribution >= 4 is 28.3 Å². The minimum Gasteiger partial charge on any atom is -0.496 e. The summed E-state index contributed by atoms with van der Waals surface area (Å²) < 4.78 is 6.43. The van der Waals surface area contributed by atoms with Crippen LogP contribution in [0.2, 0.25) is 0 Å². The first-order valence-corrected chi connectivity index (χ1v) is 5.88. The first kappa shape index (κ1) is 13.8. The quantitative estimate of drug-likeness (QED) is 0.878. The van der Waals surface area contributed by atoms with Crippen LogP contribution in [0.25, 0.3) is 0 Å². The van der Waals surface area contributed by atoms with Gasteiger partial charge in [-0.1, -0.05) is 22.0 Å². The lowest BCUT2D eigenvalue weighted by molar-refractivity contribution is 0.381. The third-order valence-corrected chi connectivity index (χ3v) is 3.11. The van der Waals surface area contributed by atoms with E-state index in [-0.39, 0.29) is 12.4 Å². The van der Waals surface area contributed by atoms with Gasteiger partial charge in [-0.15, -0.1) is 12.4 Å². The van der Waals surface area contributed by atoms with Crippen LogP contribution in [-0.4, -0.2) is 26.7 Å². The first-order chi connectivity index (χ1) is 7.31. The molecule has 0 amide bonds. The molecule has 1 aromatic carbocycles. The highest BCUT2D eigenvalue weighted by molar-refractivity contribution is 9.10. The van der Waals surface area contributed by atoms with E-state index in [1.165, 1.54) is 5.56 Å². The van der Waals surface area contributed by atoms with Crippen LogP contribution in [0, 0.1) is 0 Å². The van der Waals surface area contributed by atoms with Gasteiger partial charge in [-0.05, 0) is 12.1 Å². The third-order valence-electron chi connectivity index (χ3n) is 2.61. The van der Waals surface area contributed by atoms with Crippen LogP contribution in [0.15, 0.2) is 22.7 Å². The third kappa shape index (κ3) is 3.10. The fraction of sp³-hybridized carbons (Fsp3) is 0.455. The maximum Gasteiger partial charge on any atom is 0.124 e. The molecule has 2 rings (SSSR count). The van der Waals surface area contributed by atoms with E-state index in [1.807, 2.05) is 12.1 Å². The molecular weight excluding hydrogens is 291 g/mol. The van der Waals surface area contributed by atoms with Crippen LogP contribution >= 0.6 is 28.3 Å². The highest BCUT2D eigenvalue weighted by Gasteiger charge is 2.17.